The minimum atomic E-state index is -1.01. The van der Waals surface area contributed by atoms with E-state index in [-0.39, 0.29) is 5.76 Å². The fourth-order valence-corrected chi connectivity index (χ4v) is 2.15. The fourth-order valence-electron chi connectivity index (χ4n) is 2.15. The summed E-state index contributed by atoms with van der Waals surface area (Å²) in [6.07, 6.45) is 1.02. The number of fused-ring (bicyclic) bond motifs is 1. The summed E-state index contributed by atoms with van der Waals surface area (Å²) in [4.78, 5) is 13.4. The summed E-state index contributed by atoms with van der Waals surface area (Å²) in [5, 5.41) is 10.1. The Hall–Kier alpha value is -1.81. The molecule has 102 valence electrons. The van der Waals surface area contributed by atoms with Crippen molar-refractivity contribution < 1.29 is 14.3 Å². The van der Waals surface area contributed by atoms with Gasteiger partial charge in [-0.1, -0.05) is 25.1 Å². The van der Waals surface area contributed by atoms with Gasteiger partial charge in [-0.3, -0.25) is 4.90 Å². The average molecular weight is 261 g/mol. The lowest BCUT2D eigenvalue weighted by molar-refractivity contribution is 0.0661. The average Bonchev–Trinajstić information content (AvgIpc) is 2.77. The van der Waals surface area contributed by atoms with E-state index in [2.05, 4.69) is 18.7 Å². The Labute approximate surface area is 112 Å². The standard InChI is InChI=1S/C15H19NO3/c1-4-10(2)16(3)9-12-11-7-5-6-8-13(11)19-14(12)15(17)18/h5-8,10H,4,9H2,1-3H3,(H,17,18). The predicted molar refractivity (Wildman–Crippen MR) is 74.4 cm³/mol. The molecule has 2 aromatic rings. The van der Waals surface area contributed by atoms with E-state index in [0.29, 0.717) is 18.2 Å². The number of rotatable bonds is 5. The second kappa shape index (κ2) is 5.45. The molecule has 1 unspecified atom stereocenters. The molecule has 0 radical (unpaired) electrons. The number of para-hydroxylation sites is 1. The Morgan fingerprint density at radius 1 is 1.42 bits per heavy atom. The first-order chi connectivity index (χ1) is 9.04. The smallest absolute Gasteiger partial charge is 0.372 e. The summed E-state index contributed by atoms with van der Waals surface area (Å²) in [5.41, 5.74) is 1.39. The number of carboxylic acids is 1. The molecular weight excluding hydrogens is 242 g/mol. The zero-order chi connectivity index (χ0) is 14.0. The molecule has 1 atom stereocenters. The first-order valence-corrected chi connectivity index (χ1v) is 6.48. The van der Waals surface area contributed by atoms with E-state index in [1.54, 1.807) is 6.07 Å². The van der Waals surface area contributed by atoms with Crippen molar-refractivity contribution in [2.24, 2.45) is 0 Å². The van der Waals surface area contributed by atoms with Crippen molar-refractivity contribution in [3.05, 3.63) is 35.6 Å². The quantitative estimate of drug-likeness (QED) is 0.896. The zero-order valence-corrected chi connectivity index (χ0v) is 11.5. The van der Waals surface area contributed by atoms with Gasteiger partial charge in [0.1, 0.15) is 5.58 Å². The number of benzene rings is 1. The first kappa shape index (κ1) is 13.6. The SMILES string of the molecule is CCC(C)N(C)Cc1c(C(=O)O)oc2ccccc12. The summed E-state index contributed by atoms with van der Waals surface area (Å²) in [5.74, 6) is -0.958. The highest BCUT2D eigenvalue weighted by molar-refractivity contribution is 5.95. The molecule has 4 heteroatoms. The zero-order valence-electron chi connectivity index (χ0n) is 11.5. The van der Waals surface area contributed by atoms with Gasteiger partial charge in [0, 0.05) is 23.5 Å². The fraction of sp³-hybridized carbons (Fsp3) is 0.400. The van der Waals surface area contributed by atoms with Gasteiger partial charge in [-0.2, -0.15) is 0 Å². The highest BCUT2D eigenvalue weighted by Crippen LogP contribution is 2.27. The predicted octanol–water partition coefficient (Wildman–Crippen LogP) is 3.36. The number of nitrogens with zero attached hydrogens (tertiary/aromatic N) is 1. The lowest BCUT2D eigenvalue weighted by Gasteiger charge is -2.23. The number of hydrogen-bond acceptors (Lipinski definition) is 3. The molecule has 1 aromatic carbocycles. The lowest BCUT2D eigenvalue weighted by atomic mass is 10.1. The number of carbonyl (C=O) groups is 1. The van der Waals surface area contributed by atoms with E-state index in [1.807, 2.05) is 25.2 Å². The summed E-state index contributed by atoms with van der Waals surface area (Å²) < 4.78 is 5.45. The summed E-state index contributed by atoms with van der Waals surface area (Å²) in [7, 11) is 2.00. The van der Waals surface area contributed by atoms with Crippen LogP contribution in [0.2, 0.25) is 0 Å². The van der Waals surface area contributed by atoms with Crippen LogP contribution in [-0.2, 0) is 6.54 Å². The number of hydrogen-bond donors (Lipinski definition) is 1. The molecule has 0 aliphatic carbocycles. The van der Waals surface area contributed by atoms with Crippen molar-refractivity contribution in [1.82, 2.24) is 4.90 Å². The molecular formula is C15H19NO3. The third kappa shape index (κ3) is 2.63. The van der Waals surface area contributed by atoms with Gasteiger partial charge < -0.3 is 9.52 Å². The van der Waals surface area contributed by atoms with Gasteiger partial charge in [0.15, 0.2) is 0 Å². The topological polar surface area (TPSA) is 53.7 Å². The van der Waals surface area contributed by atoms with Gasteiger partial charge in [0.2, 0.25) is 5.76 Å². The van der Waals surface area contributed by atoms with E-state index >= 15 is 0 Å². The third-order valence-corrected chi connectivity index (χ3v) is 3.64. The van der Waals surface area contributed by atoms with E-state index in [0.717, 1.165) is 17.4 Å². The maximum absolute atomic E-state index is 11.3. The highest BCUT2D eigenvalue weighted by Gasteiger charge is 2.21. The van der Waals surface area contributed by atoms with Crippen LogP contribution in [0, 0.1) is 0 Å². The Morgan fingerprint density at radius 3 is 2.74 bits per heavy atom. The molecule has 1 N–H and O–H groups in total. The van der Waals surface area contributed by atoms with Crippen LogP contribution in [0.3, 0.4) is 0 Å². The number of carboxylic acid groups (broad SMARTS) is 1. The van der Waals surface area contributed by atoms with Crippen LogP contribution in [0.4, 0.5) is 0 Å². The first-order valence-electron chi connectivity index (χ1n) is 6.48. The van der Waals surface area contributed by atoms with Crippen LogP contribution in [0.5, 0.6) is 0 Å². The van der Waals surface area contributed by atoms with Crippen LogP contribution in [0.25, 0.3) is 11.0 Å². The van der Waals surface area contributed by atoms with E-state index in [1.165, 1.54) is 0 Å². The van der Waals surface area contributed by atoms with Crippen LogP contribution in [0.1, 0.15) is 36.4 Å². The molecule has 1 heterocycles. The minimum Gasteiger partial charge on any atom is -0.475 e. The van der Waals surface area contributed by atoms with Gasteiger partial charge in [-0.05, 0) is 26.5 Å². The van der Waals surface area contributed by atoms with E-state index in [9.17, 15) is 9.90 Å². The molecule has 0 aliphatic rings. The Morgan fingerprint density at radius 2 is 2.11 bits per heavy atom. The highest BCUT2D eigenvalue weighted by atomic mass is 16.4. The Balaban J connectivity index is 2.45. The normalized spacial score (nSPS) is 13.1. The molecule has 4 nitrogen and oxygen atoms in total. The van der Waals surface area contributed by atoms with E-state index < -0.39 is 5.97 Å². The maximum atomic E-state index is 11.3. The molecule has 0 fully saturated rings. The summed E-state index contributed by atoms with van der Waals surface area (Å²) in [6.45, 7) is 4.82. The molecule has 0 bridgehead atoms. The van der Waals surface area contributed by atoms with Crippen LogP contribution in [0.15, 0.2) is 28.7 Å². The molecule has 2 rings (SSSR count). The molecule has 19 heavy (non-hydrogen) atoms. The largest absolute Gasteiger partial charge is 0.475 e. The van der Waals surface area contributed by atoms with Crippen molar-refractivity contribution in [1.29, 1.82) is 0 Å². The summed E-state index contributed by atoms with van der Waals surface area (Å²) in [6, 6.07) is 7.85. The van der Waals surface area contributed by atoms with Gasteiger partial charge >= 0.3 is 5.97 Å². The van der Waals surface area contributed by atoms with Crippen molar-refractivity contribution in [3.63, 3.8) is 0 Å². The molecule has 1 aromatic heterocycles. The van der Waals surface area contributed by atoms with Crippen molar-refractivity contribution in [2.45, 2.75) is 32.9 Å². The van der Waals surface area contributed by atoms with Gasteiger partial charge in [0.05, 0.1) is 0 Å². The van der Waals surface area contributed by atoms with Crippen LogP contribution >= 0.6 is 0 Å². The van der Waals surface area contributed by atoms with Gasteiger partial charge in [-0.25, -0.2) is 4.79 Å². The summed E-state index contributed by atoms with van der Waals surface area (Å²) >= 11 is 0. The Kier molecular flexibility index (Phi) is 3.90. The maximum Gasteiger partial charge on any atom is 0.372 e. The molecule has 0 saturated heterocycles. The molecule has 0 aliphatic heterocycles. The number of aromatic carboxylic acids is 1. The van der Waals surface area contributed by atoms with Gasteiger partial charge in [0.25, 0.3) is 0 Å². The van der Waals surface area contributed by atoms with Crippen molar-refractivity contribution in [3.8, 4) is 0 Å². The van der Waals surface area contributed by atoms with Crippen molar-refractivity contribution >= 4 is 16.9 Å². The molecule has 0 spiro atoms. The van der Waals surface area contributed by atoms with Crippen molar-refractivity contribution in [2.75, 3.05) is 7.05 Å². The van der Waals surface area contributed by atoms with Gasteiger partial charge in [-0.15, -0.1) is 0 Å². The molecule has 0 saturated carbocycles. The Bertz CT molecular complexity index is 588. The second-order valence-corrected chi connectivity index (χ2v) is 4.88. The molecule has 0 amide bonds. The second-order valence-electron chi connectivity index (χ2n) is 4.88. The monoisotopic (exact) mass is 261 g/mol. The lowest BCUT2D eigenvalue weighted by Crippen LogP contribution is -2.28. The van der Waals surface area contributed by atoms with Crippen LogP contribution in [-0.4, -0.2) is 29.1 Å². The van der Waals surface area contributed by atoms with Crippen LogP contribution < -0.4 is 0 Å². The number of furan rings is 1. The third-order valence-electron chi connectivity index (χ3n) is 3.64. The minimum absolute atomic E-state index is 0.0522. The van der Waals surface area contributed by atoms with E-state index in [4.69, 9.17) is 4.42 Å².